The summed E-state index contributed by atoms with van der Waals surface area (Å²) in [7, 11) is 0. The Hall–Kier alpha value is -1.52. The number of hydrogen-bond donors (Lipinski definition) is 2. The maximum Gasteiger partial charge on any atom is 0.287 e. The number of para-hydroxylation sites is 1. The van der Waals surface area contributed by atoms with E-state index < -0.39 is 0 Å². The highest BCUT2D eigenvalue weighted by Gasteiger charge is 2.39. The average Bonchev–Trinajstić information content (AvgIpc) is 3.12. The fourth-order valence-corrected chi connectivity index (χ4v) is 3.32. The number of carbonyl (C=O) groups excluding carboxylic acids is 1. The topological polar surface area (TPSA) is 54.3 Å². The van der Waals surface area contributed by atoms with Crippen molar-refractivity contribution in [3.05, 3.63) is 36.1 Å². The van der Waals surface area contributed by atoms with Gasteiger partial charge in [-0.25, -0.2) is 0 Å². The summed E-state index contributed by atoms with van der Waals surface area (Å²) in [5, 5.41) is 7.58. The number of rotatable bonds is 2. The minimum Gasteiger partial charge on any atom is -0.451 e. The molecule has 1 aromatic carbocycles. The number of carbonyl (C=O) groups is 1. The standard InChI is InChI=1S/C15H16N2O2.ClH/c18-15(17-12-8-10-5-6-11(12)16-10)14-7-9-3-1-2-4-13(9)19-14;/h1-4,7,10-12,16H,5-6,8H2,(H,17,18);1H. The van der Waals surface area contributed by atoms with E-state index in [9.17, 15) is 4.79 Å². The van der Waals surface area contributed by atoms with E-state index in [2.05, 4.69) is 10.6 Å². The van der Waals surface area contributed by atoms with Gasteiger partial charge in [-0.05, 0) is 31.4 Å². The van der Waals surface area contributed by atoms with Crippen molar-refractivity contribution in [1.29, 1.82) is 0 Å². The van der Waals surface area contributed by atoms with Crippen LogP contribution in [0.4, 0.5) is 0 Å². The molecule has 4 nitrogen and oxygen atoms in total. The van der Waals surface area contributed by atoms with Crippen molar-refractivity contribution in [2.75, 3.05) is 0 Å². The van der Waals surface area contributed by atoms with Gasteiger partial charge in [0.25, 0.3) is 5.91 Å². The molecule has 3 atom stereocenters. The molecule has 106 valence electrons. The van der Waals surface area contributed by atoms with Crippen LogP contribution in [0.2, 0.25) is 0 Å². The molecule has 1 aromatic heterocycles. The van der Waals surface area contributed by atoms with Gasteiger partial charge in [0, 0.05) is 23.5 Å². The molecule has 2 aliphatic heterocycles. The molecule has 2 bridgehead atoms. The first kappa shape index (κ1) is 13.5. The fourth-order valence-electron chi connectivity index (χ4n) is 3.32. The van der Waals surface area contributed by atoms with Crippen LogP contribution in [0.1, 0.15) is 29.8 Å². The van der Waals surface area contributed by atoms with Crippen LogP contribution in [0.15, 0.2) is 34.7 Å². The van der Waals surface area contributed by atoms with Crippen molar-refractivity contribution >= 4 is 29.3 Å². The summed E-state index contributed by atoms with van der Waals surface area (Å²) in [5.74, 6) is 0.305. The molecule has 20 heavy (non-hydrogen) atoms. The summed E-state index contributed by atoms with van der Waals surface area (Å²) in [5.41, 5.74) is 0.763. The van der Waals surface area contributed by atoms with Crippen LogP contribution in [-0.4, -0.2) is 24.0 Å². The Morgan fingerprint density at radius 1 is 1.30 bits per heavy atom. The molecule has 3 heterocycles. The Bertz CT molecular complexity index is 607. The van der Waals surface area contributed by atoms with Crippen LogP contribution in [0.5, 0.6) is 0 Å². The van der Waals surface area contributed by atoms with E-state index in [0.717, 1.165) is 23.8 Å². The van der Waals surface area contributed by atoms with Crippen molar-refractivity contribution in [3.8, 4) is 0 Å². The van der Waals surface area contributed by atoms with E-state index in [0.29, 0.717) is 17.8 Å². The summed E-state index contributed by atoms with van der Waals surface area (Å²) in [6.45, 7) is 0. The molecule has 2 aromatic rings. The molecule has 2 saturated heterocycles. The van der Waals surface area contributed by atoms with Crippen LogP contribution < -0.4 is 10.6 Å². The minimum absolute atomic E-state index is 0. The lowest BCUT2D eigenvalue weighted by atomic mass is 9.95. The number of halogens is 1. The third kappa shape index (κ3) is 2.19. The zero-order chi connectivity index (χ0) is 12.8. The van der Waals surface area contributed by atoms with Gasteiger partial charge in [0.2, 0.25) is 0 Å². The van der Waals surface area contributed by atoms with Crippen molar-refractivity contribution in [2.24, 2.45) is 0 Å². The van der Waals surface area contributed by atoms with E-state index in [1.807, 2.05) is 30.3 Å². The lowest BCUT2D eigenvalue weighted by Gasteiger charge is -2.20. The Balaban J connectivity index is 0.00000121. The molecule has 0 aliphatic carbocycles. The quantitative estimate of drug-likeness (QED) is 0.894. The van der Waals surface area contributed by atoms with Crippen LogP contribution in [0.3, 0.4) is 0 Å². The first-order valence-electron chi connectivity index (χ1n) is 6.85. The van der Waals surface area contributed by atoms with Crippen molar-refractivity contribution in [3.63, 3.8) is 0 Å². The average molecular weight is 293 g/mol. The smallest absolute Gasteiger partial charge is 0.287 e. The molecule has 2 fully saturated rings. The Labute approximate surface area is 123 Å². The summed E-state index contributed by atoms with van der Waals surface area (Å²) in [6.07, 6.45) is 3.44. The van der Waals surface area contributed by atoms with Gasteiger partial charge >= 0.3 is 0 Å². The van der Waals surface area contributed by atoms with E-state index >= 15 is 0 Å². The molecule has 5 heteroatoms. The summed E-state index contributed by atoms with van der Waals surface area (Å²) >= 11 is 0. The van der Waals surface area contributed by atoms with E-state index in [1.165, 1.54) is 6.42 Å². The summed E-state index contributed by atoms with van der Waals surface area (Å²) in [6, 6.07) is 10.8. The zero-order valence-electron chi connectivity index (χ0n) is 11.0. The van der Waals surface area contributed by atoms with Crippen LogP contribution in [-0.2, 0) is 0 Å². The predicted molar refractivity (Wildman–Crippen MR) is 79.3 cm³/mol. The SMILES string of the molecule is Cl.O=C(NC1CC2CCC1N2)c1cc2ccccc2o1. The van der Waals surface area contributed by atoms with Crippen LogP contribution in [0.25, 0.3) is 11.0 Å². The zero-order valence-corrected chi connectivity index (χ0v) is 11.8. The van der Waals surface area contributed by atoms with Gasteiger partial charge in [-0.3, -0.25) is 4.79 Å². The number of benzene rings is 1. The largest absolute Gasteiger partial charge is 0.451 e. The van der Waals surface area contributed by atoms with E-state index in [-0.39, 0.29) is 24.4 Å². The Morgan fingerprint density at radius 2 is 2.15 bits per heavy atom. The summed E-state index contributed by atoms with van der Waals surface area (Å²) < 4.78 is 5.59. The second-order valence-electron chi connectivity index (χ2n) is 5.51. The van der Waals surface area contributed by atoms with Gasteiger partial charge in [-0.2, -0.15) is 0 Å². The fraction of sp³-hybridized carbons (Fsp3) is 0.400. The third-order valence-corrected chi connectivity index (χ3v) is 4.27. The van der Waals surface area contributed by atoms with E-state index in [1.54, 1.807) is 0 Å². The second kappa shape index (κ2) is 5.11. The molecule has 1 amide bonds. The minimum atomic E-state index is -0.101. The maximum atomic E-state index is 12.2. The van der Waals surface area contributed by atoms with Gasteiger partial charge in [0.1, 0.15) is 5.58 Å². The number of fused-ring (bicyclic) bond motifs is 3. The first-order chi connectivity index (χ1) is 9.29. The highest BCUT2D eigenvalue weighted by Crippen LogP contribution is 2.28. The number of nitrogens with one attached hydrogen (secondary N) is 2. The molecular formula is C15H17ClN2O2. The molecule has 0 radical (unpaired) electrons. The molecule has 0 saturated carbocycles. The highest BCUT2D eigenvalue weighted by atomic mass is 35.5. The summed E-state index contributed by atoms with van der Waals surface area (Å²) in [4.78, 5) is 12.2. The number of furan rings is 1. The third-order valence-electron chi connectivity index (χ3n) is 4.27. The normalized spacial score (nSPS) is 27.5. The van der Waals surface area contributed by atoms with Crippen molar-refractivity contribution in [2.45, 2.75) is 37.4 Å². The molecule has 2 aliphatic rings. The molecule has 4 rings (SSSR count). The van der Waals surface area contributed by atoms with Gasteiger partial charge in [-0.1, -0.05) is 18.2 Å². The molecular weight excluding hydrogens is 276 g/mol. The lowest BCUT2D eigenvalue weighted by molar-refractivity contribution is 0.0905. The molecule has 0 spiro atoms. The lowest BCUT2D eigenvalue weighted by Crippen LogP contribution is -2.42. The first-order valence-corrected chi connectivity index (χ1v) is 6.85. The maximum absolute atomic E-state index is 12.2. The Kier molecular flexibility index (Phi) is 3.44. The van der Waals surface area contributed by atoms with Crippen LogP contribution >= 0.6 is 12.4 Å². The van der Waals surface area contributed by atoms with Crippen molar-refractivity contribution < 1.29 is 9.21 Å². The number of hydrogen-bond acceptors (Lipinski definition) is 3. The Morgan fingerprint density at radius 3 is 2.85 bits per heavy atom. The number of amides is 1. The van der Waals surface area contributed by atoms with Crippen LogP contribution in [0, 0.1) is 0 Å². The van der Waals surface area contributed by atoms with E-state index in [4.69, 9.17) is 4.42 Å². The second-order valence-corrected chi connectivity index (χ2v) is 5.51. The molecule has 2 N–H and O–H groups in total. The van der Waals surface area contributed by atoms with Gasteiger partial charge < -0.3 is 15.1 Å². The van der Waals surface area contributed by atoms with Gasteiger partial charge in [-0.15, -0.1) is 12.4 Å². The highest BCUT2D eigenvalue weighted by molar-refractivity contribution is 5.96. The van der Waals surface area contributed by atoms with Gasteiger partial charge in [0.15, 0.2) is 5.76 Å². The molecule has 3 unspecified atom stereocenters. The van der Waals surface area contributed by atoms with Crippen molar-refractivity contribution in [1.82, 2.24) is 10.6 Å². The monoisotopic (exact) mass is 292 g/mol. The van der Waals surface area contributed by atoms with Gasteiger partial charge in [0.05, 0.1) is 0 Å². The predicted octanol–water partition coefficient (Wildman–Crippen LogP) is 2.48.